The van der Waals surface area contributed by atoms with Crippen molar-refractivity contribution in [1.29, 1.82) is 0 Å². The number of esters is 2. The minimum Gasteiger partial charge on any atom is -0.467 e. The molecule has 0 saturated carbocycles. The molecule has 220 valence electrons. The van der Waals surface area contributed by atoms with Crippen molar-refractivity contribution in [3.63, 3.8) is 0 Å². The van der Waals surface area contributed by atoms with E-state index >= 15 is 0 Å². The molecule has 0 bridgehead atoms. The van der Waals surface area contributed by atoms with Gasteiger partial charge in [0.05, 0.1) is 13.7 Å². The third-order valence-corrected chi connectivity index (χ3v) is 17.9. The molecule has 1 aromatic rings. The minimum absolute atomic E-state index is 0.0466. The zero-order valence-corrected chi connectivity index (χ0v) is 27.0. The highest BCUT2D eigenvalue weighted by Crippen LogP contribution is 2.50. The van der Waals surface area contributed by atoms with Gasteiger partial charge < -0.3 is 31.9 Å². The highest BCUT2D eigenvalue weighted by atomic mass is 28.5. The highest BCUT2D eigenvalue weighted by Gasteiger charge is 2.66. The molecule has 2 fully saturated rings. The van der Waals surface area contributed by atoms with E-state index in [1.165, 1.54) is 14.0 Å². The Hall–Kier alpha value is -1.61. The van der Waals surface area contributed by atoms with Crippen LogP contribution in [0.3, 0.4) is 0 Å². The zero-order valence-electron chi connectivity index (χ0n) is 25.0. The second-order valence-corrected chi connectivity index (χ2v) is 20.4. The van der Waals surface area contributed by atoms with E-state index in [4.69, 9.17) is 31.9 Å². The Bertz CT molecular complexity index is 953. The molecular formula is C28H46O9Si2. The summed E-state index contributed by atoms with van der Waals surface area (Å²) < 4.78 is 44.8. The van der Waals surface area contributed by atoms with Crippen LogP contribution in [0, 0.1) is 0 Å². The summed E-state index contributed by atoms with van der Waals surface area (Å²) in [5, 5.41) is 0. The van der Waals surface area contributed by atoms with Crippen LogP contribution in [0.5, 0.6) is 0 Å². The van der Waals surface area contributed by atoms with E-state index in [0.29, 0.717) is 0 Å². The second-order valence-electron chi connectivity index (χ2n) is 11.6. The number of methoxy groups -OCH3 is 1. The summed E-state index contributed by atoms with van der Waals surface area (Å²) in [6.07, 6.45) is -5.03. The standard InChI is InChI=1S/C28H46O9Si2/c1-17(2)38(18(3)4)35-24-23(33-21(9)29)25(27(30)31-10)34-28(32-16-22-14-12-11-13-15-22)26(24)36-39(37-38,19(5)6)20(7)8/h11-15,17-20,23-26,28H,16H2,1-10H3/t23-,24-,25+,26+,28+/m0/s1. The molecule has 2 heterocycles. The molecule has 0 N–H and O–H groups in total. The Morgan fingerprint density at radius 1 is 0.846 bits per heavy atom. The molecule has 1 aromatic carbocycles. The summed E-state index contributed by atoms with van der Waals surface area (Å²) in [6, 6.07) is 9.68. The highest BCUT2D eigenvalue weighted by molar-refractivity contribution is 6.84. The first kappa shape index (κ1) is 31.9. The summed E-state index contributed by atoms with van der Waals surface area (Å²) >= 11 is 0. The topological polar surface area (TPSA) is 98.8 Å². The van der Waals surface area contributed by atoms with Crippen LogP contribution in [-0.4, -0.2) is 66.9 Å². The predicted molar refractivity (Wildman–Crippen MR) is 150 cm³/mol. The summed E-state index contributed by atoms with van der Waals surface area (Å²) in [7, 11) is -4.80. The van der Waals surface area contributed by atoms with E-state index in [-0.39, 0.29) is 28.8 Å². The third kappa shape index (κ3) is 6.50. The Kier molecular flexibility index (Phi) is 10.6. The van der Waals surface area contributed by atoms with Crippen molar-refractivity contribution >= 4 is 29.1 Å². The van der Waals surface area contributed by atoms with Gasteiger partial charge in [-0.2, -0.15) is 0 Å². The summed E-state index contributed by atoms with van der Waals surface area (Å²) in [5.41, 5.74) is 1.18. The average Bonchev–Trinajstić information content (AvgIpc) is 3.05. The van der Waals surface area contributed by atoms with Crippen LogP contribution >= 0.6 is 0 Å². The van der Waals surface area contributed by atoms with Crippen molar-refractivity contribution in [3.05, 3.63) is 35.9 Å². The summed E-state index contributed by atoms with van der Waals surface area (Å²) in [4.78, 5) is 25.3. The van der Waals surface area contributed by atoms with E-state index < -0.39 is 59.8 Å². The van der Waals surface area contributed by atoms with Crippen molar-refractivity contribution < 1.29 is 41.5 Å². The van der Waals surface area contributed by atoms with Crippen molar-refractivity contribution in [2.75, 3.05) is 7.11 Å². The van der Waals surface area contributed by atoms with Crippen LogP contribution in [0.4, 0.5) is 0 Å². The number of ether oxygens (including phenoxy) is 4. The van der Waals surface area contributed by atoms with Crippen LogP contribution in [0.2, 0.25) is 22.2 Å². The summed E-state index contributed by atoms with van der Waals surface area (Å²) in [6.45, 7) is 18.4. The number of hydrogen-bond acceptors (Lipinski definition) is 9. The van der Waals surface area contributed by atoms with Gasteiger partial charge in [-0.25, -0.2) is 4.79 Å². The lowest BCUT2D eigenvalue weighted by molar-refractivity contribution is -0.292. The van der Waals surface area contributed by atoms with Crippen molar-refractivity contribution in [3.8, 4) is 0 Å². The fraction of sp³-hybridized carbons (Fsp3) is 0.714. The first-order valence-electron chi connectivity index (χ1n) is 13.9. The molecule has 39 heavy (non-hydrogen) atoms. The van der Waals surface area contributed by atoms with Crippen LogP contribution < -0.4 is 0 Å². The molecule has 9 nitrogen and oxygen atoms in total. The largest absolute Gasteiger partial charge is 0.467 e. The average molecular weight is 583 g/mol. The lowest BCUT2D eigenvalue weighted by atomic mass is 9.98. The van der Waals surface area contributed by atoms with Gasteiger partial charge in [-0.1, -0.05) is 85.7 Å². The molecule has 2 saturated heterocycles. The number of carbonyl (C=O) groups excluding carboxylic acids is 2. The lowest BCUT2D eigenvalue weighted by Gasteiger charge is -2.46. The number of benzene rings is 1. The van der Waals surface area contributed by atoms with Crippen molar-refractivity contribution in [1.82, 2.24) is 0 Å². The number of carbonyl (C=O) groups is 2. The maximum absolute atomic E-state index is 13.0. The van der Waals surface area contributed by atoms with Crippen LogP contribution in [-0.2, 0) is 48.1 Å². The number of hydrogen-bond donors (Lipinski definition) is 0. The normalized spacial score (nSPS) is 28.3. The van der Waals surface area contributed by atoms with Crippen LogP contribution in [0.15, 0.2) is 30.3 Å². The number of rotatable bonds is 9. The van der Waals surface area contributed by atoms with Gasteiger partial charge in [-0.15, -0.1) is 0 Å². The molecule has 0 radical (unpaired) electrons. The van der Waals surface area contributed by atoms with Gasteiger partial charge in [0, 0.05) is 6.92 Å². The van der Waals surface area contributed by atoms with E-state index in [0.717, 1.165) is 5.56 Å². The SMILES string of the molecule is COC(=O)[C@@H]1O[C@@H](OCc2ccccc2)[C@@H]2O[Si](C(C)C)(C(C)C)O[Si](C(C)C)(C(C)C)O[C@H]2[C@@H]1OC(C)=O. The van der Waals surface area contributed by atoms with Gasteiger partial charge >= 0.3 is 29.1 Å². The molecule has 11 heteroatoms. The number of fused-ring (bicyclic) bond motifs is 1. The zero-order chi connectivity index (χ0) is 29.1. The molecule has 2 aliphatic heterocycles. The molecule has 0 amide bonds. The fourth-order valence-electron chi connectivity index (χ4n) is 5.66. The fourth-order valence-corrected chi connectivity index (χ4v) is 16.9. The van der Waals surface area contributed by atoms with E-state index in [9.17, 15) is 9.59 Å². The van der Waals surface area contributed by atoms with Gasteiger partial charge in [-0.3, -0.25) is 4.79 Å². The third-order valence-electron chi connectivity index (χ3n) is 7.67. The first-order chi connectivity index (χ1) is 18.3. The first-order valence-corrected chi connectivity index (χ1v) is 17.8. The smallest absolute Gasteiger partial charge is 0.339 e. The molecule has 0 unspecified atom stereocenters. The Labute approximate surface area is 235 Å². The maximum atomic E-state index is 13.0. The monoisotopic (exact) mass is 582 g/mol. The Morgan fingerprint density at radius 3 is 1.82 bits per heavy atom. The molecule has 5 atom stereocenters. The molecule has 0 aliphatic carbocycles. The van der Waals surface area contributed by atoms with Gasteiger partial charge in [0.1, 0.15) is 12.2 Å². The minimum atomic E-state index is -3.06. The molecule has 3 rings (SSSR count). The van der Waals surface area contributed by atoms with E-state index in [1.54, 1.807) is 0 Å². The van der Waals surface area contributed by atoms with E-state index in [2.05, 4.69) is 55.4 Å². The lowest BCUT2D eigenvalue weighted by Crippen LogP contribution is -2.65. The van der Waals surface area contributed by atoms with Crippen molar-refractivity contribution in [2.45, 2.75) is 122 Å². The van der Waals surface area contributed by atoms with Gasteiger partial charge in [0.2, 0.25) is 0 Å². The van der Waals surface area contributed by atoms with Gasteiger partial charge in [0.25, 0.3) is 0 Å². The van der Waals surface area contributed by atoms with Crippen LogP contribution in [0.1, 0.15) is 67.9 Å². The summed E-state index contributed by atoms with van der Waals surface area (Å²) in [5.74, 6) is -1.24. The van der Waals surface area contributed by atoms with Crippen LogP contribution in [0.25, 0.3) is 0 Å². The quantitative estimate of drug-likeness (QED) is 0.281. The Morgan fingerprint density at radius 2 is 1.36 bits per heavy atom. The molecule has 0 aromatic heterocycles. The Balaban J connectivity index is 2.20. The predicted octanol–water partition coefficient (Wildman–Crippen LogP) is 5.36. The molecular weight excluding hydrogens is 536 g/mol. The second kappa shape index (κ2) is 12.9. The van der Waals surface area contributed by atoms with Crippen molar-refractivity contribution in [2.24, 2.45) is 0 Å². The van der Waals surface area contributed by atoms with Gasteiger partial charge in [-0.05, 0) is 27.7 Å². The van der Waals surface area contributed by atoms with E-state index in [1.807, 2.05) is 30.3 Å². The van der Waals surface area contributed by atoms with Gasteiger partial charge in [0.15, 0.2) is 18.5 Å². The maximum Gasteiger partial charge on any atom is 0.339 e. The molecule has 2 aliphatic rings. The molecule has 0 spiro atoms.